The number of ether oxygens (including phenoxy) is 1. The Kier molecular flexibility index (Phi) is 3.23. The zero-order valence-electron chi connectivity index (χ0n) is 13.8. The van der Waals surface area contributed by atoms with Crippen LogP contribution in [-0.4, -0.2) is 0 Å². The van der Waals surface area contributed by atoms with Crippen molar-refractivity contribution in [2.75, 3.05) is 0 Å². The van der Waals surface area contributed by atoms with Crippen LogP contribution in [0.3, 0.4) is 0 Å². The summed E-state index contributed by atoms with van der Waals surface area (Å²) in [6, 6.07) is 19.4. The molecule has 0 spiro atoms. The summed E-state index contributed by atoms with van der Waals surface area (Å²) in [4.78, 5) is 0. The highest BCUT2D eigenvalue weighted by atomic mass is 16.5. The molecule has 23 heavy (non-hydrogen) atoms. The van der Waals surface area contributed by atoms with Crippen molar-refractivity contribution >= 4 is 0 Å². The van der Waals surface area contributed by atoms with Gasteiger partial charge < -0.3 is 4.74 Å². The van der Waals surface area contributed by atoms with Crippen molar-refractivity contribution in [2.45, 2.75) is 27.2 Å². The number of benzene rings is 3. The minimum absolute atomic E-state index is 0.950. The van der Waals surface area contributed by atoms with Crippen molar-refractivity contribution < 1.29 is 4.74 Å². The summed E-state index contributed by atoms with van der Waals surface area (Å²) in [5.41, 5.74) is 8.99. The van der Waals surface area contributed by atoms with E-state index in [1.807, 2.05) is 0 Å². The van der Waals surface area contributed by atoms with Crippen molar-refractivity contribution in [3.8, 4) is 22.6 Å². The van der Waals surface area contributed by atoms with Gasteiger partial charge in [-0.1, -0.05) is 54.1 Å². The third-order valence-corrected chi connectivity index (χ3v) is 4.62. The van der Waals surface area contributed by atoms with E-state index in [0.29, 0.717) is 0 Å². The number of fused-ring (bicyclic) bond motifs is 3. The van der Waals surface area contributed by atoms with Gasteiger partial charge in [0.2, 0.25) is 0 Å². The minimum Gasteiger partial charge on any atom is -0.456 e. The highest BCUT2D eigenvalue weighted by Gasteiger charge is 2.22. The lowest BCUT2D eigenvalue weighted by atomic mass is 10.0. The molecule has 0 N–H and O–H groups in total. The summed E-state index contributed by atoms with van der Waals surface area (Å²) in [7, 11) is 0. The fraction of sp³-hybridized carbons (Fsp3) is 0.182. The predicted molar refractivity (Wildman–Crippen MR) is 95.4 cm³/mol. The molecule has 1 nitrogen and oxygen atoms in total. The largest absolute Gasteiger partial charge is 0.456 e. The highest BCUT2D eigenvalue weighted by Crippen LogP contribution is 2.43. The average molecular weight is 300 g/mol. The minimum atomic E-state index is 0.950. The van der Waals surface area contributed by atoms with Crippen LogP contribution in [0.2, 0.25) is 0 Å². The lowest BCUT2D eigenvalue weighted by Gasteiger charge is -2.15. The zero-order chi connectivity index (χ0) is 16.0. The Bertz CT molecular complexity index is 883. The molecule has 0 unspecified atom stereocenters. The molecule has 0 amide bonds. The Labute approximate surface area is 137 Å². The molecule has 0 bridgehead atoms. The van der Waals surface area contributed by atoms with Crippen LogP contribution >= 0.6 is 0 Å². The normalized spacial score (nSPS) is 12.0. The topological polar surface area (TPSA) is 9.23 Å². The van der Waals surface area contributed by atoms with Crippen LogP contribution in [0.4, 0.5) is 0 Å². The monoisotopic (exact) mass is 300 g/mol. The molecule has 4 rings (SSSR count). The van der Waals surface area contributed by atoms with Crippen LogP contribution in [0.1, 0.15) is 27.8 Å². The van der Waals surface area contributed by atoms with Crippen molar-refractivity contribution in [2.24, 2.45) is 0 Å². The van der Waals surface area contributed by atoms with Gasteiger partial charge >= 0.3 is 0 Å². The Morgan fingerprint density at radius 3 is 2.26 bits per heavy atom. The first-order chi connectivity index (χ1) is 11.1. The molecule has 0 saturated carbocycles. The van der Waals surface area contributed by atoms with E-state index in [4.69, 9.17) is 4.74 Å². The summed E-state index contributed by atoms with van der Waals surface area (Å²) in [5.74, 6) is 1.97. The van der Waals surface area contributed by atoms with Crippen LogP contribution in [0.25, 0.3) is 11.1 Å². The van der Waals surface area contributed by atoms with E-state index >= 15 is 0 Å². The van der Waals surface area contributed by atoms with Crippen LogP contribution in [0, 0.1) is 20.8 Å². The number of hydrogen-bond donors (Lipinski definition) is 0. The van der Waals surface area contributed by atoms with E-state index in [1.165, 1.54) is 38.9 Å². The zero-order valence-corrected chi connectivity index (χ0v) is 13.8. The van der Waals surface area contributed by atoms with Crippen molar-refractivity contribution in [1.82, 2.24) is 0 Å². The number of rotatable bonds is 2. The Morgan fingerprint density at radius 1 is 0.783 bits per heavy atom. The highest BCUT2D eigenvalue weighted by molar-refractivity contribution is 5.79. The van der Waals surface area contributed by atoms with Crippen LogP contribution in [0.15, 0.2) is 54.6 Å². The van der Waals surface area contributed by atoms with E-state index in [-0.39, 0.29) is 0 Å². The van der Waals surface area contributed by atoms with Gasteiger partial charge in [0, 0.05) is 12.0 Å². The second-order valence-electron chi connectivity index (χ2n) is 6.45. The first-order valence-electron chi connectivity index (χ1n) is 8.09. The van der Waals surface area contributed by atoms with E-state index < -0.39 is 0 Å². The molecule has 0 fully saturated rings. The first-order valence-corrected chi connectivity index (χ1v) is 8.09. The van der Waals surface area contributed by atoms with Gasteiger partial charge in [0.15, 0.2) is 0 Å². The molecule has 3 aromatic carbocycles. The summed E-state index contributed by atoms with van der Waals surface area (Å²) < 4.78 is 6.37. The molecule has 0 heterocycles. The third-order valence-electron chi connectivity index (χ3n) is 4.62. The second kappa shape index (κ2) is 5.27. The van der Waals surface area contributed by atoms with Gasteiger partial charge in [0.1, 0.15) is 11.5 Å². The van der Waals surface area contributed by atoms with E-state index in [2.05, 4.69) is 75.4 Å². The van der Waals surface area contributed by atoms with Crippen molar-refractivity contribution in [3.63, 3.8) is 0 Å². The first kappa shape index (κ1) is 14.1. The summed E-state index contributed by atoms with van der Waals surface area (Å²) >= 11 is 0. The molecule has 1 aliphatic rings. The molecular formula is C22H20O. The third kappa shape index (κ3) is 2.33. The summed E-state index contributed by atoms with van der Waals surface area (Å²) in [6.07, 6.45) is 0.950. The fourth-order valence-corrected chi connectivity index (χ4v) is 3.66. The van der Waals surface area contributed by atoms with Gasteiger partial charge in [-0.2, -0.15) is 0 Å². The van der Waals surface area contributed by atoms with Crippen molar-refractivity contribution in [3.05, 3.63) is 82.4 Å². The Balaban J connectivity index is 1.79. The van der Waals surface area contributed by atoms with Crippen LogP contribution < -0.4 is 4.74 Å². The molecule has 114 valence electrons. The number of hydrogen-bond acceptors (Lipinski definition) is 1. The van der Waals surface area contributed by atoms with E-state index in [1.54, 1.807) is 0 Å². The lowest BCUT2D eigenvalue weighted by Crippen LogP contribution is -1.95. The molecule has 0 radical (unpaired) electrons. The molecule has 0 atom stereocenters. The summed E-state index contributed by atoms with van der Waals surface area (Å²) in [5, 5.41) is 0. The molecule has 0 aromatic heterocycles. The summed E-state index contributed by atoms with van der Waals surface area (Å²) in [6.45, 7) is 6.36. The molecular weight excluding hydrogens is 280 g/mol. The quantitative estimate of drug-likeness (QED) is 0.443. The second-order valence-corrected chi connectivity index (χ2v) is 6.45. The smallest absolute Gasteiger partial charge is 0.133 e. The maximum absolute atomic E-state index is 6.37. The molecule has 3 aromatic rings. The van der Waals surface area contributed by atoms with Gasteiger partial charge in [-0.3, -0.25) is 0 Å². The Hall–Kier alpha value is -2.54. The standard InChI is InChI=1S/C22H20O/c1-14-11-15(2)22(16(3)12-14)23-21-10-6-9-19-18-8-5-4-7-17(18)13-20(19)21/h4-12H,13H2,1-3H3. The van der Waals surface area contributed by atoms with E-state index in [0.717, 1.165) is 17.9 Å². The van der Waals surface area contributed by atoms with Crippen LogP contribution in [0.5, 0.6) is 11.5 Å². The average Bonchev–Trinajstić information content (AvgIpc) is 2.90. The fourth-order valence-electron chi connectivity index (χ4n) is 3.66. The van der Waals surface area contributed by atoms with Gasteiger partial charge in [-0.25, -0.2) is 0 Å². The molecule has 0 aliphatic heterocycles. The van der Waals surface area contributed by atoms with Gasteiger partial charge in [0.05, 0.1) is 0 Å². The molecule has 1 heteroatoms. The maximum Gasteiger partial charge on any atom is 0.133 e. The molecule has 0 saturated heterocycles. The maximum atomic E-state index is 6.37. The number of aryl methyl sites for hydroxylation is 3. The van der Waals surface area contributed by atoms with E-state index in [9.17, 15) is 0 Å². The molecule has 1 aliphatic carbocycles. The van der Waals surface area contributed by atoms with Gasteiger partial charge in [-0.15, -0.1) is 0 Å². The predicted octanol–water partition coefficient (Wildman–Crippen LogP) is 5.98. The lowest BCUT2D eigenvalue weighted by molar-refractivity contribution is 0.470. The van der Waals surface area contributed by atoms with Crippen LogP contribution in [-0.2, 0) is 6.42 Å². The van der Waals surface area contributed by atoms with Gasteiger partial charge in [0.25, 0.3) is 0 Å². The van der Waals surface area contributed by atoms with Gasteiger partial charge in [-0.05, 0) is 54.7 Å². The Morgan fingerprint density at radius 2 is 1.48 bits per heavy atom. The van der Waals surface area contributed by atoms with Crippen molar-refractivity contribution in [1.29, 1.82) is 0 Å². The SMILES string of the molecule is Cc1cc(C)c(Oc2cccc3c2Cc2ccccc2-3)c(C)c1.